The van der Waals surface area contributed by atoms with E-state index in [1.54, 1.807) is 0 Å². The Morgan fingerprint density at radius 2 is 0.394 bits per heavy atom. The maximum Gasteiger partial charge on any atom is 0.673 e. The van der Waals surface area contributed by atoms with Crippen LogP contribution in [0.3, 0.4) is 0 Å². The van der Waals surface area contributed by atoms with Gasteiger partial charge >= 0.3 is 7.25 Å². The number of unbranched alkanes of at least 4 members (excludes halogenated alkanes) is 42. The molecule has 0 aliphatic rings. The molecule has 0 radical (unpaired) electrons. The third-order valence-corrected chi connectivity index (χ3v) is 15.7. The summed E-state index contributed by atoms with van der Waals surface area (Å²) in [4.78, 5) is 0. The Kier molecular flexibility index (Phi) is 52.9. The van der Waals surface area contributed by atoms with Crippen LogP contribution in [0, 0.1) is 0 Å². The van der Waals surface area contributed by atoms with Gasteiger partial charge in [0.25, 0.3) is 0 Å². The molecule has 0 aliphatic carbocycles. The zero-order chi connectivity index (χ0) is 52.1. The number of halogens is 4. The molecule has 0 aliphatic heterocycles. The van der Waals surface area contributed by atoms with Crippen molar-refractivity contribution < 1.29 is 21.8 Å². The Labute approximate surface area is 443 Å². The zero-order valence-electron chi connectivity index (χ0n) is 49.2. The minimum atomic E-state index is -6.00. The number of hydrogen-bond donors (Lipinski definition) is 0. The minimum Gasteiger partial charge on any atom is -0.418 e. The molecule has 1 aromatic rings. The fourth-order valence-corrected chi connectivity index (χ4v) is 11.3. The Hall–Kier alpha value is -1.07. The average Bonchev–Trinajstić information content (AvgIpc) is 3.34. The molecular weight excluding hydrogens is 882 g/mol. The van der Waals surface area contributed by atoms with Crippen LogP contribution in [0.2, 0.25) is 0 Å². The van der Waals surface area contributed by atoms with E-state index in [4.69, 9.17) is 0 Å². The van der Waals surface area contributed by atoms with Crippen LogP contribution in [0.1, 0.15) is 378 Å². The number of hydrogen-bond acceptors (Lipinski definition) is 0. The predicted octanol–water partition coefficient (Wildman–Crippen LogP) is 23.8. The summed E-state index contributed by atoms with van der Waals surface area (Å²) in [5, 5.41) is 0. The van der Waals surface area contributed by atoms with Crippen LogP contribution in [-0.2, 0) is 38.6 Å². The largest absolute Gasteiger partial charge is 0.673 e. The first-order valence-corrected chi connectivity index (χ1v) is 32.6. The zero-order valence-corrected chi connectivity index (χ0v) is 49.2. The van der Waals surface area contributed by atoms with Crippen LogP contribution in [0.5, 0.6) is 0 Å². The predicted molar refractivity (Wildman–Crippen MR) is 311 cm³/mol. The summed E-state index contributed by atoms with van der Waals surface area (Å²) in [6, 6.07) is 0. The topological polar surface area (TPSA) is 3.88 Å². The van der Waals surface area contributed by atoms with Crippen molar-refractivity contribution in [2.75, 3.05) is 0 Å². The molecule has 6 heteroatoms. The van der Waals surface area contributed by atoms with Crippen LogP contribution in [-0.4, -0.2) is 7.25 Å². The van der Waals surface area contributed by atoms with E-state index in [-0.39, 0.29) is 0 Å². The molecule has 0 atom stereocenters. The van der Waals surface area contributed by atoms with Crippen molar-refractivity contribution >= 4 is 7.25 Å². The first-order chi connectivity index (χ1) is 34.7. The summed E-state index contributed by atoms with van der Waals surface area (Å²) >= 11 is 0. The number of aromatic nitrogens is 1. The van der Waals surface area contributed by atoms with E-state index in [1.165, 1.54) is 347 Å². The number of rotatable bonds is 54. The average molecular weight is 1010 g/mol. The van der Waals surface area contributed by atoms with Crippen molar-refractivity contribution in [2.45, 2.75) is 388 Å². The summed E-state index contributed by atoms with van der Waals surface area (Å²) in [5.41, 5.74) is 9.44. The van der Waals surface area contributed by atoms with Crippen LogP contribution >= 0.6 is 0 Å². The quantitative estimate of drug-likeness (QED) is 0.0265. The SMILES string of the molecule is CCCCCCCCCCc1c(CCCCCCCCCC)c(CCCCCCCCCC)[n+](CCCCCCCCCC)c(CCCCCCCCCC)c1CCCCCCCCCC.F[B-](F)(F)F. The van der Waals surface area contributed by atoms with Crippen LogP contribution in [0.15, 0.2) is 0 Å². The van der Waals surface area contributed by atoms with Gasteiger partial charge in [-0.05, 0) is 63.4 Å². The smallest absolute Gasteiger partial charge is 0.418 e. The Balaban J connectivity index is 0.00000928. The summed E-state index contributed by atoms with van der Waals surface area (Å²) in [7, 11) is -6.00. The van der Waals surface area contributed by atoms with Crippen molar-refractivity contribution in [1.29, 1.82) is 0 Å². The van der Waals surface area contributed by atoms with Gasteiger partial charge in [-0.15, -0.1) is 0 Å². The monoisotopic (exact) mass is 1010 g/mol. The lowest BCUT2D eigenvalue weighted by Gasteiger charge is -2.23. The second kappa shape index (κ2) is 53.8. The third-order valence-electron chi connectivity index (χ3n) is 15.7. The van der Waals surface area contributed by atoms with Crippen LogP contribution < -0.4 is 4.57 Å². The van der Waals surface area contributed by atoms with Gasteiger partial charge in [0.1, 0.15) is 6.54 Å². The molecule has 0 aromatic carbocycles. The molecule has 422 valence electrons. The van der Waals surface area contributed by atoms with Gasteiger partial charge in [-0.2, -0.15) is 4.57 Å². The summed E-state index contributed by atoms with van der Waals surface area (Å²) in [6.45, 7) is 15.5. The molecule has 1 aromatic heterocycles. The fourth-order valence-electron chi connectivity index (χ4n) is 11.3. The van der Waals surface area contributed by atoms with Crippen molar-refractivity contribution in [2.24, 2.45) is 0 Å². The highest BCUT2D eigenvalue weighted by Crippen LogP contribution is 2.30. The Morgan fingerprint density at radius 1 is 0.225 bits per heavy atom. The van der Waals surface area contributed by atoms with Crippen LogP contribution in [0.25, 0.3) is 0 Å². The maximum absolute atomic E-state index is 9.75. The standard InChI is InChI=1S/C65H126N.BF4/c1-7-13-19-25-31-37-43-49-55-61-62(56-50-44-38-32-26-20-14-8-2)64(58-52-46-40-34-28-22-16-10-4)66(60-54-48-42-36-30-24-18-12-6)65(59-53-47-41-35-29-23-17-11-5)63(61)57-51-45-39-33-27-21-15-9-3;2-1(3,4)5/h7-60H2,1-6H3;/q+1;-1. The molecule has 0 amide bonds. The molecule has 71 heavy (non-hydrogen) atoms. The van der Waals surface area contributed by atoms with E-state index in [9.17, 15) is 17.3 Å². The molecule has 0 unspecified atom stereocenters. The number of pyridine rings is 1. The van der Waals surface area contributed by atoms with Gasteiger partial charge in [0.2, 0.25) is 0 Å². The summed E-state index contributed by atoms with van der Waals surface area (Å²) in [6.07, 6.45) is 75.3. The van der Waals surface area contributed by atoms with E-state index >= 15 is 0 Å². The molecular formula is C65H126BF4N. The van der Waals surface area contributed by atoms with E-state index in [2.05, 4.69) is 46.1 Å². The van der Waals surface area contributed by atoms with Gasteiger partial charge in [0.05, 0.1) is 0 Å². The molecule has 0 fully saturated rings. The second-order valence-corrected chi connectivity index (χ2v) is 22.6. The van der Waals surface area contributed by atoms with Crippen molar-refractivity contribution in [3.8, 4) is 0 Å². The van der Waals surface area contributed by atoms with Gasteiger partial charge in [-0.25, -0.2) is 0 Å². The van der Waals surface area contributed by atoms with Crippen LogP contribution in [0.4, 0.5) is 17.3 Å². The van der Waals surface area contributed by atoms with Gasteiger partial charge in [0, 0.05) is 30.4 Å². The Morgan fingerprint density at radius 3 is 0.620 bits per heavy atom. The minimum absolute atomic E-state index is 1.29. The second-order valence-electron chi connectivity index (χ2n) is 22.6. The fraction of sp³-hybridized carbons (Fsp3) is 0.923. The molecule has 0 spiro atoms. The molecule has 1 nitrogen and oxygen atoms in total. The highest BCUT2D eigenvalue weighted by Gasteiger charge is 2.29. The summed E-state index contributed by atoms with van der Waals surface area (Å²) < 4.78 is 42.1. The van der Waals surface area contributed by atoms with E-state index in [1.807, 2.05) is 28.1 Å². The van der Waals surface area contributed by atoms with Gasteiger partial charge < -0.3 is 17.3 Å². The molecule has 0 bridgehead atoms. The molecule has 1 heterocycles. The van der Waals surface area contributed by atoms with E-state index in [0.717, 1.165) is 0 Å². The molecule has 1 rings (SSSR count). The van der Waals surface area contributed by atoms with E-state index < -0.39 is 7.25 Å². The summed E-state index contributed by atoms with van der Waals surface area (Å²) in [5.74, 6) is 0. The lowest BCUT2D eigenvalue weighted by atomic mass is 9.85. The maximum atomic E-state index is 9.75. The van der Waals surface area contributed by atoms with E-state index in [0.29, 0.717) is 0 Å². The molecule has 0 N–H and O–H groups in total. The lowest BCUT2D eigenvalue weighted by molar-refractivity contribution is -0.712. The van der Waals surface area contributed by atoms with Gasteiger partial charge in [0.15, 0.2) is 11.4 Å². The molecule has 0 saturated heterocycles. The molecule has 0 saturated carbocycles. The number of nitrogens with zero attached hydrogens (tertiary/aromatic N) is 1. The van der Waals surface area contributed by atoms with Crippen molar-refractivity contribution in [3.63, 3.8) is 0 Å². The highest BCUT2D eigenvalue weighted by atomic mass is 19.5. The highest BCUT2D eigenvalue weighted by molar-refractivity contribution is 6.50. The van der Waals surface area contributed by atoms with Crippen molar-refractivity contribution in [1.82, 2.24) is 0 Å². The third kappa shape index (κ3) is 44.9. The lowest BCUT2D eigenvalue weighted by Crippen LogP contribution is -2.46. The Bertz CT molecular complexity index is 982. The first kappa shape index (κ1) is 69.9. The van der Waals surface area contributed by atoms with Gasteiger partial charge in [-0.3, -0.25) is 0 Å². The van der Waals surface area contributed by atoms with Crippen molar-refractivity contribution in [3.05, 3.63) is 28.1 Å². The normalized spacial score (nSPS) is 11.7. The first-order valence-electron chi connectivity index (χ1n) is 32.6. The van der Waals surface area contributed by atoms with Gasteiger partial charge in [-0.1, -0.05) is 305 Å².